The fraction of sp³-hybridized carbons (Fsp3) is 0.233. The molecule has 0 heterocycles. The molecule has 0 saturated heterocycles. The first-order valence-corrected chi connectivity index (χ1v) is 13.3. The first kappa shape index (κ1) is 26.9. The average Bonchev–Trinajstić information content (AvgIpc) is 2.90. The number of esters is 1. The van der Waals surface area contributed by atoms with Gasteiger partial charge in [0, 0.05) is 6.04 Å². The number of hydrogen-bond acceptors (Lipinski definition) is 4. The van der Waals surface area contributed by atoms with Crippen LogP contribution in [0.15, 0.2) is 102 Å². The molecule has 0 aliphatic rings. The summed E-state index contributed by atoms with van der Waals surface area (Å²) in [5.74, 6) is 5.23. The van der Waals surface area contributed by atoms with Gasteiger partial charge in [-0.3, -0.25) is 0 Å². The van der Waals surface area contributed by atoms with Gasteiger partial charge in [0.15, 0.2) is 6.61 Å². The zero-order chi connectivity index (χ0) is 25.8. The molecule has 1 unspecified atom stereocenters. The molecule has 0 fully saturated rings. The lowest BCUT2D eigenvalue weighted by molar-refractivity contribution is 0.0556. The van der Waals surface area contributed by atoms with Gasteiger partial charge in [-0.2, -0.15) is 4.31 Å². The van der Waals surface area contributed by atoms with Crippen molar-refractivity contribution in [2.75, 3.05) is 13.2 Å². The zero-order valence-electron chi connectivity index (χ0n) is 20.5. The third kappa shape index (κ3) is 7.67. The van der Waals surface area contributed by atoms with Crippen molar-refractivity contribution >= 4 is 16.0 Å². The maximum Gasteiger partial charge on any atom is 0.339 e. The van der Waals surface area contributed by atoms with Crippen LogP contribution in [-0.2, 0) is 21.2 Å². The second kappa shape index (κ2) is 13.4. The summed E-state index contributed by atoms with van der Waals surface area (Å²) in [6.45, 7) is 5.62. The molecule has 36 heavy (non-hydrogen) atoms. The standard InChI is InChI=1S/C30H31NO4S/c1-3-12-28(20-19-26-13-6-4-7-14-26)31(36(33,34)29-21-17-25(2)18-22-29)23-10-11-24-35-30(32)27-15-8-5-9-16-27/h3-9,13-18,21-22,28H,1,12,19-20,23-24H2,2H3. The van der Waals surface area contributed by atoms with Crippen molar-refractivity contribution in [2.45, 2.75) is 37.1 Å². The van der Waals surface area contributed by atoms with Gasteiger partial charge in [0.2, 0.25) is 10.0 Å². The number of aryl methyl sites for hydroxylation is 2. The molecule has 186 valence electrons. The predicted molar refractivity (Wildman–Crippen MR) is 143 cm³/mol. The summed E-state index contributed by atoms with van der Waals surface area (Å²) in [6, 6.07) is 25.1. The summed E-state index contributed by atoms with van der Waals surface area (Å²) >= 11 is 0. The monoisotopic (exact) mass is 501 g/mol. The number of hydrogen-bond donors (Lipinski definition) is 0. The molecule has 3 rings (SSSR count). The Balaban J connectivity index is 1.78. The van der Waals surface area contributed by atoms with Gasteiger partial charge in [-0.25, -0.2) is 13.2 Å². The molecular formula is C30H31NO4S. The Bertz CT molecular complexity index is 1290. The van der Waals surface area contributed by atoms with Gasteiger partial charge in [-0.1, -0.05) is 84.1 Å². The molecule has 3 aromatic rings. The maximum atomic E-state index is 13.7. The minimum absolute atomic E-state index is 0.0214. The molecule has 0 aliphatic heterocycles. The van der Waals surface area contributed by atoms with Crippen molar-refractivity contribution in [1.82, 2.24) is 4.31 Å². The Morgan fingerprint density at radius 1 is 0.972 bits per heavy atom. The molecule has 5 nitrogen and oxygen atoms in total. The fourth-order valence-corrected chi connectivity index (χ4v) is 5.32. The van der Waals surface area contributed by atoms with E-state index >= 15 is 0 Å². The second-order valence-corrected chi connectivity index (χ2v) is 10.3. The minimum Gasteiger partial charge on any atom is -0.449 e. The van der Waals surface area contributed by atoms with Crippen LogP contribution in [0.2, 0.25) is 0 Å². The summed E-state index contributed by atoms with van der Waals surface area (Å²) in [4.78, 5) is 12.3. The Labute approximate surface area is 214 Å². The highest BCUT2D eigenvalue weighted by Crippen LogP contribution is 2.23. The normalized spacial score (nSPS) is 11.8. The first-order chi connectivity index (χ1) is 17.4. The molecule has 3 aromatic carbocycles. The van der Waals surface area contributed by atoms with Crippen molar-refractivity contribution in [3.63, 3.8) is 0 Å². The molecule has 0 aromatic heterocycles. The van der Waals surface area contributed by atoms with Crippen molar-refractivity contribution in [1.29, 1.82) is 0 Å². The SMILES string of the molecule is C=CCC(CCc1ccccc1)N(CC#CCOC(=O)c1ccccc1)S(=O)(=O)c1ccc(C)cc1. The Morgan fingerprint density at radius 2 is 1.61 bits per heavy atom. The van der Waals surface area contributed by atoms with Crippen LogP contribution < -0.4 is 0 Å². The summed E-state index contributed by atoms with van der Waals surface area (Å²) in [5.41, 5.74) is 2.56. The van der Waals surface area contributed by atoms with Gasteiger partial charge in [0.1, 0.15) is 0 Å². The number of benzene rings is 3. The van der Waals surface area contributed by atoms with Gasteiger partial charge in [-0.05, 0) is 56.0 Å². The third-order valence-electron chi connectivity index (χ3n) is 5.73. The van der Waals surface area contributed by atoms with E-state index < -0.39 is 16.0 Å². The molecule has 6 heteroatoms. The molecule has 0 saturated carbocycles. The lowest BCUT2D eigenvalue weighted by Crippen LogP contribution is -2.40. The topological polar surface area (TPSA) is 63.7 Å². The van der Waals surface area contributed by atoms with E-state index in [1.54, 1.807) is 54.6 Å². The Kier molecular flexibility index (Phi) is 10.1. The number of carbonyl (C=O) groups excluding carboxylic acids is 1. The van der Waals surface area contributed by atoms with Gasteiger partial charge in [0.25, 0.3) is 0 Å². The highest BCUT2D eigenvalue weighted by molar-refractivity contribution is 7.89. The molecule has 0 aliphatic carbocycles. The van der Waals surface area contributed by atoms with E-state index in [4.69, 9.17) is 4.74 Å². The summed E-state index contributed by atoms with van der Waals surface area (Å²) < 4.78 is 34.0. The van der Waals surface area contributed by atoms with E-state index in [0.717, 1.165) is 17.5 Å². The van der Waals surface area contributed by atoms with E-state index in [2.05, 4.69) is 18.4 Å². The summed E-state index contributed by atoms with van der Waals surface area (Å²) in [7, 11) is -3.81. The smallest absolute Gasteiger partial charge is 0.339 e. The van der Waals surface area contributed by atoms with Gasteiger partial charge in [0.05, 0.1) is 17.0 Å². The van der Waals surface area contributed by atoms with E-state index in [1.165, 1.54) is 4.31 Å². The molecule has 0 amide bonds. The number of nitrogens with zero attached hydrogens (tertiary/aromatic N) is 1. The van der Waals surface area contributed by atoms with Crippen LogP contribution in [0.25, 0.3) is 0 Å². The van der Waals surface area contributed by atoms with E-state index in [-0.39, 0.29) is 24.1 Å². The molecule has 0 bridgehead atoms. The Hall–Kier alpha value is -3.66. The molecule has 1 atom stereocenters. The minimum atomic E-state index is -3.81. The fourth-order valence-electron chi connectivity index (χ4n) is 3.75. The Morgan fingerprint density at radius 3 is 2.25 bits per heavy atom. The van der Waals surface area contributed by atoms with E-state index in [1.807, 2.05) is 43.3 Å². The lowest BCUT2D eigenvalue weighted by atomic mass is 10.0. The highest BCUT2D eigenvalue weighted by Gasteiger charge is 2.30. The van der Waals surface area contributed by atoms with Gasteiger partial charge < -0.3 is 4.74 Å². The van der Waals surface area contributed by atoms with E-state index in [0.29, 0.717) is 18.4 Å². The number of carbonyl (C=O) groups is 1. The highest BCUT2D eigenvalue weighted by atomic mass is 32.2. The zero-order valence-corrected chi connectivity index (χ0v) is 21.3. The molecular weight excluding hydrogens is 470 g/mol. The van der Waals surface area contributed by atoms with Crippen LogP contribution in [0.4, 0.5) is 0 Å². The van der Waals surface area contributed by atoms with E-state index in [9.17, 15) is 13.2 Å². The largest absolute Gasteiger partial charge is 0.449 e. The van der Waals surface area contributed by atoms with Crippen LogP contribution in [0.1, 0.15) is 34.3 Å². The number of rotatable bonds is 11. The molecule has 0 N–H and O–H groups in total. The maximum absolute atomic E-state index is 13.7. The van der Waals surface area contributed by atoms with Crippen LogP contribution in [0, 0.1) is 18.8 Å². The molecule has 0 radical (unpaired) electrons. The van der Waals surface area contributed by atoms with Crippen LogP contribution in [-0.4, -0.2) is 37.9 Å². The lowest BCUT2D eigenvalue weighted by Gasteiger charge is -2.29. The van der Waals surface area contributed by atoms with Crippen LogP contribution in [0.3, 0.4) is 0 Å². The third-order valence-corrected chi connectivity index (χ3v) is 7.64. The first-order valence-electron chi connectivity index (χ1n) is 11.8. The summed E-state index contributed by atoms with van der Waals surface area (Å²) in [5, 5.41) is 0. The van der Waals surface area contributed by atoms with Gasteiger partial charge >= 0.3 is 5.97 Å². The second-order valence-electron chi connectivity index (χ2n) is 8.36. The summed E-state index contributed by atoms with van der Waals surface area (Å²) in [6.07, 6.45) is 3.57. The van der Waals surface area contributed by atoms with Crippen molar-refractivity contribution < 1.29 is 17.9 Å². The average molecular weight is 502 g/mol. The van der Waals surface area contributed by atoms with Crippen molar-refractivity contribution in [3.8, 4) is 11.8 Å². The quantitative estimate of drug-likeness (QED) is 0.200. The van der Waals surface area contributed by atoms with Crippen molar-refractivity contribution in [2.24, 2.45) is 0 Å². The number of ether oxygens (including phenoxy) is 1. The van der Waals surface area contributed by atoms with Gasteiger partial charge in [-0.15, -0.1) is 6.58 Å². The van der Waals surface area contributed by atoms with Crippen molar-refractivity contribution in [3.05, 3.63) is 114 Å². The molecule has 0 spiro atoms. The van der Waals surface area contributed by atoms with Crippen LogP contribution in [0.5, 0.6) is 0 Å². The predicted octanol–water partition coefficient (Wildman–Crippen LogP) is 5.42. The number of sulfonamides is 1. The van der Waals surface area contributed by atoms with Crippen LogP contribution >= 0.6 is 0 Å².